The summed E-state index contributed by atoms with van der Waals surface area (Å²) < 4.78 is 5.27. The fourth-order valence-corrected chi connectivity index (χ4v) is 3.22. The molecule has 0 saturated heterocycles. The van der Waals surface area contributed by atoms with Crippen molar-refractivity contribution in [1.82, 2.24) is 10.6 Å². The number of alkyl carbamates (subject to hydrolysis) is 1. The zero-order valence-corrected chi connectivity index (χ0v) is 14.7. The van der Waals surface area contributed by atoms with E-state index in [2.05, 4.69) is 10.6 Å². The monoisotopic (exact) mass is 318 g/mol. The van der Waals surface area contributed by atoms with Crippen molar-refractivity contribution < 1.29 is 14.6 Å². The zero-order chi connectivity index (χ0) is 16.1. The molecule has 6 heteroatoms. The zero-order valence-electron chi connectivity index (χ0n) is 13.9. The summed E-state index contributed by atoms with van der Waals surface area (Å²) in [6.45, 7) is 8.01. The highest BCUT2D eigenvalue weighted by molar-refractivity contribution is 7.98. The van der Waals surface area contributed by atoms with Gasteiger partial charge in [-0.25, -0.2) is 4.79 Å². The minimum atomic E-state index is -0.684. The van der Waals surface area contributed by atoms with Crippen molar-refractivity contribution in [2.75, 3.05) is 18.6 Å². The Morgan fingerprint density at radius 3 is 2.48 bits per heavy atom. The first kappa shape index (κ1) is 18.6. The van der Waals surface area contributed by atoms with E-state index in [-0.39, 0.29) is 12.1 Å². The van der Waals surface area contributed by atoms with E-state index >= 15 is 0 Å². The summed E-state index contributed by atoms with van der Waals surface area (Å²) in [6, 6.07) is 0.501. The van der Waals surface area contributed by atoms with Crippen LogP contribution in [0.4, 0.5) is 4.79 Å². The Labute approximate surface area is 132 Å². The summed E-state index contributed by atoms with van der Waals surface area (Å²) in [5.74, 6) is 0.715. The molecular weight excluding hydrogens is 288 g/mol. The molecule has 5 nitrogen and oxygen atoms in total. The van der Waals surface area contributed by atoms with Gasteiger partial charge in [0, 0.05) is 24.4 Å². The van der Waals surface area contributed by atoms with Gasteiger partial charge < -0.3 is 20.5 Å². The number of hydrogen-bond acceptors (Lipinski definition) is 5. The molecule has 0 radical (unpaired) electrons. The molecule has 3 atom stereocenters. The van der Waals surface area contributed by atoms with Gasteiger partial charge in [0.05, 0.1) is 5.60 Å². The second-order valence-corrected chi connectivity index (χ2v) is 8.03. The Balaban J connectivity index is 2.28. The molecule has 0 spiro atoms. The van der Waals surface area contributed by atoms with Crippen molar-refractivity contribution in [2.45, 2.75) is 70.2 Å². The van der Waals surface area contributed by atoms with Crippen LogP contribution < -0.4 is 10.6 Å². The normalized spacial score (nSPS) is 25.4. The average molecular weight is 318 g/mol. The van der Waals surface area contributed by atoms with Crippen LogP contribution >= 0.6 is 11.8 Å². The summed E-state index contributed by atoms with van der Waals surface area (Å²) in [5.41, 5.74) is -1.15. The molecule has 0 aromatic carbocycles. The minimum absolute atomic E-state index is 0.155. The molecule has 1 aliphatic rings. The molecule has 0 aliphatic heterocycles. The Hall–Kier alpha value is -0.460. The Kier molecular flexibility index (Phi) is 6.81. The van der Waals surface area contributed by atoms with Gasteiger partial charge in [0.25, 0.3) is 0 Å². The maximum absolute atomic E-state index is 11.7. The summed E-state index contributed by atoms with van der Waals surface area (Å²) in [5, 5.41) is 16.5. The van der Waals surface area contributed by atoms with Gasteiger partial charge >= 0.3 is 6.09 Å². The lowest BCUT2D eigenvalue weighted by atomic mass is 10.1. The lowest BCUT2D eigenvalue weighted by molar-refractivity contribution is 0.0503. The van der Waals surface area contributed by atoms with Crippen molar-refractivity contribution in [1.29, 1.82) is 0 Å². The van der Waals surface area contributed by atoms with Crippen LogP contribution in [0.3, 0.4) is 0 Å². The van der Waals surface area contributed by atoms with E-state index < -0.39 is 11.2 Å². The second-order valence-electron chi connectivity index (χ2n) is 7.16. The molecule has 1 rings (SSSR count). The van der Waals surface area contributed by atoms with E-state index in [0.717, 1.165) is 19.3 Å². The number of carbonyl (C=O) groups excluding carboxylic acids is 1. The van der Waals surface area contributed by atoms with E-state index in [9.17, 15) is 9.90 Å². The summed E-state index contributed by atoms with van der Waals surface area (Å²) in [6.07, 6.45) is 4.49. The van der Waals surface area contributed by atoms with E-state index in [1.165, 1.54) is 0 Å². The first-order chi connectivity index (χ1) is 9.61. The van der Waals surface area contributed by atoms with E-state index in [1.54, 1.807) is 11.8 Å². The van der Waals surface area contributed by atoms with Crippen LogP contribution in [0.2, 0.25) is 0 Å². The number of hydrogen-bond donors (Lipinski definition) is 3. The van der Waals surface area contributed by atoms with Gasteiger partial charge in [0.15, 0.2) is 0 Å². The van der Waals surface area contributed by atoms with E-state index in [1.807, 2.05) is 34.0 Å². The van der Waals surface area contributed by atoms with Crippen molar-refractivity contribution >= 4 is 17.9 Å². The number of thioether (sulfide) groups is 1. The summed E-state index contributed by atoms with van der Waals surface area (Å²) in [4.78, 5) is 11.7. The van der Waals surface area contributed by atoms with Gasteiger partial charge in [-0.15, -0.1) is 0 Å². The molecule has 0 aromatic rings. The highest BCUT2D eigenvalue weighted by Gasteiger charge is 2.29. The molecular formula is C15H30N2O3S. The minimum Gasteiger partial charge on any atom is -0.444 e. The quantitative estimate of drug-likeness (QED) is 0.700. The van der Waals surface area contributed by atoms with Crippen LogP contribution in [0, 0.1) is 0 Å². The first-order valence-corrected chi connectivity index (χ1v) is 8.95. The molecule has 3 N–H and O–H groups in total. The summed E-state index contributed by atoms with van der Waals surface area (Å²) in [7, 11) is 0. The average Bonchev–Trinajstić information content (AvgIpc) is 2.71. The molecule has 0 heterocycles. The van der Waals surface area contributed by atoms with Crippen molar-refractivity contribution in [3.05, 3.63) is 0 Å². The molecule has 3 unspecified atom stereocenters. The smallest absolute Gasteiger partial charge is 0.407 e. The third-order valence-corrected chi connectivity index (χ3v) is 4.29. The number of carbonyl (C=O) groups is 1. The van der Waals surface area contributed by atoms with Crippen molar-refractivity contribution in [2.24, 2.45) is 0 Å². The highest BCUT2D eigenvalue weighted by atomic mass is 32.2. The molecule has 124 valence electrons. The molecule has 0 bridgehead atoms. The predicted octanol–water partition coefficient (Wildman–Crippen LogP) is 2.14. The van der Waals surface area contributed by atoms with Gasteiger partial charge in [0.1, 0.15) is 5.60 Å². The fraction of sp³-hybridized carbons (Fsp3) is 0.933. The van der Waals surface area contributed by atoms with Crippen LogP contribution in [0.1, 0.15) is 47.0 Å². The lowest BCUT2D eigenvalue weighted by Gasteiger charge is -2.25. The maximum atomic E-state index is 11.7. The maximum Gasteiger partial charge on any atom is 0.407 e. The third kappa shape index (κ3) is 7.93. The van der Waals surface area contributed by atoms with Crippen molar-refractivity contribution in [3.8, 4) is 0 Å². The summed E-state index contributed by atoms with van der Waals surface area (Å²) >= 11 is 1.64. The standard InChI is InChI=1S/C15H30N2O3S/c1-14(2,3)20-13(18)17-12-7-6-11(8-12)16-9-15(4,19)10-21-5/h11-12,16,19H,6-10H2,1-5H3,(H,17,18). The number of amides is 1. The number of ether oxygens (including phenoxy) is 1. The van der Waals surface area contributed by atoms with Gasteiger partial charge in [-0.1, -0.05) is 0 Å². The van der Waals surface area contributed by atoms with Crippen molar-refractivity contribution in [3.63, 3.8) is 0 Å². The highest BCUT2D eigenvalue weighted by Crippen LogP contribution is 2.21. The van der Waals surface area contributed by atoms with Crippen LogP contribution in [0.15, 0.2) is 0 Å². The fourth-order valence-electron chi connectivity index (χ4n) is 2.50. The van der Waals surface area contributed by atoms with E-state index in [0.29, 0.717) is 18.3 Å². The van der Waals surface area contributed by atoms with Crippen LogP contribution in [-0.2, 0) is 4.74 Å². The van der Waals surface area contributed by atoms with Crippen LogP contribution in [0.25, 0.3) is 0 Å². The molecule has 0 aromatic heterocycles. The van der Waals surface area contributed by atoms with Gasteiger partial charge in [-0.05, 0) is 53.2 Å². The first-order valence-electron chi connectivity index (χ1n) is 7.55. The van der Waals surface area contributed by atoms with Crippen LogP contribution in [0.5, 0.6) is 0 Å². The number of rotatable bonds is 6. The molecule has 1 amide bonds. The Morgan fingerprint density at radius 1 is 1.29 bits per heavy atom. The topological polar surface area (TPSA) is 70.6 Å². The van der Waals surface area contributed by atoms with E-state index in [4.69, 9.17) is 4.74 Å². The number of nitrogens with one attached hydrogen (secondary N) is 2. The predicted molar refractivity (Wildman–Crippen MR) is 87.8 cm³/mol. The number of aliphatic hydroxyl groups is 1. The largest absolute Gasteiger partial charge is 0.444 e. The SMILES string of the molecule is CSCC(C)(O)CNC1CCC(NC(=O)OC(C)(C)C)C1. The Morgan fingerprint density at radius 2 is 1.90 bits per heavy atom. The van der Waals surface area contributed by atoms with Gasteiger partial charge in [0.2, 0.25) is 0 Å². The molecule has 1 fully saturated rings. The third-order valence-electron chi connectivity index (χ3n) is 3.38. The molecule has 1 saturated carbocycles. The molecule has 21 heavy (non-hydrogen) atoms. The second kappa shape index (κ2) is 7.70. The lowest BCUT2D eigenvalue weighted by Crippen LogP contribution is -2.44. The Bertz CT molecular complexity index is 342. The van der Waals surface area contributed by atoms with Gasteiger partial charge in [-0.2, -0.15) is 11.8 Å². The van der Waals surface area contributed by atoms with Crippen LogP contribution in [-0.4, -0.2) is 53.0 Å². The van der Waals surface area contributed by atoms with Gasteiger partial charge in [-0.3, -0.25) is 0 Å². The molecule has 1 aliphatic carbocycles.